The number of carbonyl (C=O) groups excluding carboxylic acids is 2. The van der Waals surface area contributed by atoms with E-state index in [2.05, 4.69) is 64.2 Å². The Morgan fingerprint density at radius 3 is 1.92 bits per heavy atom. The highest BCUT2D eigenvalue weighted by molar-refractivity contribution is 7.45. The van der Waals surface area contributed by atoms with E-state index in [9.17, 15) is 24.2 Å². The summed E-state index contributed by atoms with van der Waals surface area (Å²) in [6, 6.07) is 0. The first-order valence-electron chi connectivity index (χ1n) is 22.5. The third-order valence-electron chi connectivity index (χ3n) is 9.83. The molecule has 0 aromatic carbocycles. The third kappa shape index (κ3) is 30.1. The largest absolute Gasteiger partial charge is 0.756 e. The monoisotopic (exact) mass is 862 g/mol. The summed E-state index contributed by atoms with van der Waals surface area (Å²) in [6.45, 7) is 8.07. The molecule has 1 rings (SSSR count). The highest BCUT2D eigenvalue weighted by Crippen LogP contribution is 2.38. The van der Waals surface area contributed by atoms with Gasteiger partial charge in [-0.1, -0.05) is 113 Å². The minimum atomic E-state index is -4.70. The number of furan rings is 1. The number of allylic oxidation sites excluding steroid dienone is 9. The van der Waals surface area contributed by atoms with Gasteiger partial charge in [0.15, 0.2) is 6.10 Å². The fourth-order valence-corrected chi connectivity index (χ4v) is 6.81. The second-order valence-corrected chi connectivity index (χ2v) is 17.9. The second-order valence-electron chi connectivity index (χ2n) is 16.5. The molecule has 11 nitrogen and oxygen atoms in total. The summed E-state index contributed by atoms with van der Waals surface area (Å²) >= 11 is 0. The number of ether oxygens (including phenoxy) is 2. The Balaban J connectivity index is 2.43. The van der Waals surface area contributed by atoms with E-state index < -0.39 is 38.6 Å². The molecule has 0 saturated heterocycles. The van der Waals surface area contributed by atoms with Gasteiger partial charge >= 0.3 is 11.9 Å². The van der Waals surface area contributed by atoms with Gasteiger partial charge in [0.1, 0.15) is 31.3 Å². The Morgan fingerprint density at radius 1 is 0.733 bits per heavy atom. The lowest BCUT2D eigenvalue weighted by Gasteiger charge is -2.28. The van der Waals surface area contributed by atoms with Crippen LogP contribution < -0.4 is 4.89 Å². The van der Waals surface area contributed by atoms with Crippen molar-refractivity contribution < 1.29 is 51.6 Å². The summed E-state index contributed by atoms with van der Waals surface area (Å²) in [4.78, 5) is 37.7. The van der Waals surface area contributed by atoms with Gasteiger partial charge in [-0.15, -0.1) is 0 Å². The van der Waals surface area contributed by atoms with E-state index in [-0.39, 0.29) is 26.1 Å². The van der Waals surface area contributed by atoms with E-state index in [1.54, 1.807) is 12.2 Å². The van der Waals surface area contributed by atoms with Gasteiger partial charge in [-0.2, -0.15) is 0 Å². The zero-order valence-corrected chi connectivity index (χ0v) is 39.1. The highest BCUT2D eigenvalue weighted by atomic mass is 31.2. The molecule has 0 bridgehead atoms. The van der Waals surface area contributed by atoms with Crippen molar-refractivity contribution in [2.24, 2.45) is 0 Å². The van der Waals surface area contributed by atoms with E-state index in [4.69, 9.17) is 22.9 Å². The molecular formula is C48H80NO10P. The summed E-state index contributed by atoms with van der Waals surface area (Å²) in [5, 5.41) is 10.3. The van der Waals surface area contributed by atoms with Crippen LogP contribution in [0.5, 0.6) is 0 Å². The number of carbonyl (C=O) groups is 2. The minimum absolute atomic E-state index is 0.0163. The van der Waals surface area contributed by atoms with Gasteiger partial charge in [0.05, 0.1) is 33.9 Å². The summed E-state index contributed by atoms with van der Waals surface area (Å²) in [5.41, 5.74) is 2.61. The van der Waals surface area contributed by atoms with Crippen molar-refractivity contribution in [3.8, 4) is 0 Å². The normalized spacial score (nSPS) is 14.6. The van der Waals surface area contributed by atoms with Crippen molar-refractivity contribution in [1.82, 2.24) is 0 Å². The molecule has 0 spiro atoms. The van der Waals surface area contributed by atoms with Gasteiger partial charge in [0, 0.05) is 25.7 Å². The molecule has 1 heterocycles. The van der Waals surface area contributed by atoms with Gasteiger partial charge in [0.25, 0.3) is 7.82 Å². The number of likely N-dealkylation sites (N-methyl/N-ethyl adjacent to an activating group) is 1. The molecule has 0 aliphatic rings. The molecule has 342 valence electrons. The Morgan fingerprint density at radius 2 is 1.30 bits per heavy atom. The van der Waals surface area contributed by atoms with E-state index >= 15 is 0 Å². The Hall–Kier alpha value is -3.05. The number of nitrogens with zero attached hydrogens (tertiary/aromatic N) is 1. The number of quaternary nitrogens is 1. The molecule has 2 unspecified atom stereocenters. The van der Waals surface area contributed by atoms with Crippen molar-refractivity contribution in [3.63, 3.8) is 0 Å². The zero-order chi connectivity index (χ0) is 44.5. The fraction of sp³-hybridized carbons (Fsp3) is 0.667. The van der Waals surface area contributed by atoms with Crippen LogP contribution in [0.2, 0.25) is 0 Å². The number of phosphoric acid groups is 1. The Labute approximate surface area is 363 Å². The van der Waals surface area contributed by atoms with Crippen molar-refractivity contribution in [3.05, 3.63) is 83.4 Å². The molecule has 60 heavy (non-hydrogen) atoms. The number of aliphatic hydroxyl groups excluding tert-OH is 1. The first-order chi connectivity index (χ1) is 28.7. The van der Waals surface area contributed by atoms with Crippen LogP contribution in [0.3, 0.4) is 0 Å². The first kappa shape index (κ1) is 55.0. The van der Waals surface area contributed by atoms with Crippen LogP contribution in [0.15, 0.2) is 65.2 Å². The SMILES string of the molecule is CC/C=C\C/C=C\C/C=C\C/C=C\C=C\C(O)CCCC(=O)O[C@H](COC(=O)CCCCCCCCCCc1oc(CCC)c(C)c1C)COP(=O)([O-])OCC[N+](C)(C)C. The van der Waals surface area contributed by atoms with E-state index in [1.807, 2.05) is 33.3 Å². The zero-order valence-electron chi connectivity index (χ0n) is 38.2. The number of rotatable bonds is 36. The van der Waals surface area contributed by atoms with Crippen molar-refractivity contribution in [2.75, 3.05) is 47.5 Å². The van der Waals surface area contributed by atoms with Gasteiger partial charge in [-0.3, -0.25) is 14.2 Å². The van der Waals surface area contributed by atoms with E-state index in [1.165, 1.54) is 24.0 Å². The van der Waals surface area contributed by atoms with Crippen LogP contribution in [0.4, 0.5) is 0 Å². The predicted octanol–water partition coefficient (Wildman–Crippen LogP) is 10.5. The maximum absolute atomic E-state index is 12.7. The molecule has 1 aromatic heterocycles. The minimum Gasteiger partial charge on any atom is -0.756 e. The van der Waals surface area contributed by atoms with E-state index in [0.29, 0.717) is 30.3 Å². The molecule has 0 saturated carbocycles. The van der Waals surface area contributed by atoms with Gasteiger partial charge in [0.2, 0.25) is 0 Å². The van der Waals surface area contributed by atoms with Crippen LogP contribution in [-0.4, -0.2) is 81.2 Å². The van der Waals surface area contributed by atoms with Crippen LogP contribution in [0.25, 0.3) is 0 Å². The van der Waals surface area contributed by atoms with Crippen molar-refractivity contribution in [1.29, 1.82) is 0 Å². The van der Waals surface area contributed by atoms with Gasteiger partial charge < -0.3 is 37.4 Å². The molecule has 0 fully saturated rings. The van der Waals surface area contributed by atoms with Crippen LogP contribution >= 0.6 is 7.82 Å². The molecule has 12 heteroatoms. The lowest BCUT2D eigenvalue weighted by atomic mass is 10.0. The Kier molecular flexibility index (Phi) is 30.7. The summed E-state index contributed by atoms with van der Waals surface area (Å²) in [6.07, 6.45) is 34.2. The van der Waals surface area contributed by atoms with Crippen LogP contribution in [0.1, 0.15) is 146 Å². The average Bonchev–Trinajstić information content (AvgIpc) is 3.45. The molecule has 0 aliphatic carbocycles. The maximum Gasteiger partial charge on any atom is 0.306 e. The molecule has 3 atom stereocenters. The van der Waals surface area contributed by atoms with Gasteiger partial charge in [-0.25, -0.2) is 0 Å². The molecule has 0 radical (unpaired) electrons. The Bertz CT molecular complexity index is 1500. The fourth-order valence-electron chi connectivity index (χ4n) is 6.08. The topological polar surface area (TPSA) is 145 Å². The lowest BCUT2D eigenvalue weighted by Crippen LogP contribution is -2.37. The number of esters is 2. The second kappa shape index (κ2) is 33.6. The standard InChI is InChI=1S/C48H80NO10P/c1-8-10-11-12-13-14-15-16-17-18-21-24-27-32-43(50)33-30-36-48(52)58-44(40-57-60(53,54)56-38-37-49(5,6)7)39-55-47(51)35-29-26-23-20-19-22-25-28-34-46-42(4)41(3)45(59-46)31-9-2/h10-11,13-14,16-17,21,24,27,32,43-44,50H,8-9,12,15,18-20,22-23,25-26,28-31,33-40H2,1-7H3/b11-10-,14-13-,17-16-,24-21-,32-27+/t43?,44-/m1/s1. The van der Waals surface area contributed by atoms with Crippen molar-refractivity contribution in [2.45, 2.75) is 162 Å². The molecule has 0 aliphatic heterocycles. The number of hydrogen-bond acceptors (Lipinski definition) is 10. The van der Waals surface area contributed by atoms with Crippen LogP contribution in [-0.2, 0) is 45.5 Å². The maximum atomic E-state index is 12.7. The molecule has 1 aromatic rings. The van der Waals surface area contributed by atoms with E-state index in [0.717, 1.165) is 88.6 Å². The molecule has 0 amide bonds. The average molecular weight is 862 g/mol. The van der Waals surface area contributed by atoms with Crippen molar-refractivity contribution >= 4 is 19.8 Å². The number of phosphoric ester groups is 1. The first-order valence-corrected chi connectivity index (χ1v) is 23.9. The summed E-state index contributed by atoms with van der Waals surface area (Å²) in [7, 11) is 1.01. The number of aryl methyl sites for hydroxylation is 2. The third-order valence-corrected chi connectivity index (χ3v) is 10.8. The number of hydrogen-bond donors (Lipinski definition) is 1. The number of aliphatic hydroxyl groups is 1. The molecule has 1 N–H and O–H groups in total. The molecular weight excluding hydrogens is 781 g/mol. The highest BCUT2D eigenvalue weighted by Gasteiger charge is 2.22. The van der Waals surface area contributed by atoms with Crippen LogP contribution in [0, 0.1) is 13.8 Å². The number of unbranched alkanes of at least 4 members (excludes halogenated alkanes) is 7. The lowest BCUT2D eigenvalue weighted by molar-refractivity contribution is -0.870. The summed E-state index contributed by atoms with van der Waals surface area (Å²) in [5.74, 6) is 1.21. The smallest absolute Gasteiger partial charge is 0.306 e. The summed E-state index contributed by atoms with van der Waals surface area (Å²) < 4.78 is 39.9. The van der Waals surface area contributed by atoms with Gasteiger partial charge in [-0.05, 0) is 82.8 Å². The predicted molar refractivity (Wildman–Crippen MR) is 240 cm³/mol. The quantitative estimate of drug-likeness (QED) is 0.0173.